The molecule has 2 aromatic heterocycles. The number of carbonyl (C=O) groups excluding carboxylic acids is 1. The Hall–Kier alpha value is -3.39. The van der Waals surface area contributed by atoms with E-state index < -0.39 is 0 Å². The largest absolute Gasteiger partial charge is 0.497 e. The lowest BCUT2D eigenvalue weighted by Gasteiger charge is -2.34. The van der Waals surface area contributed by atoms with Gasteiger partial charge in [-0.15, -0.1) is 0 Å². The SMILES string of the molecule is COc1ccc2nc(N3CCN(C(=O)c4cnn(-c5ccccc5)c4C)CC3)sc2c1. The molecule has 1 fully saturated rings. The molecule has 31 heavy (non-hydrogen) atoms. The van der Waals surface area contributed by atoms with Crippen molar-refractivity contribution >= 4 is 32.6 Å². The van der Waals surface area contributed by atoms with Crippen LogP contribution in [0, 0.1) is 6.92 Å². The minimum absolute atomic E-state index is 0.0355. The zero-order valence-corrected chi connectivity index (χ0v) is 18.3. The van der Waals surface area contributed by atoms with E-state index in [4.69, 9.17) is 9.72 Å². The number of ether oxygens (including phenoxy) is 1. The number of amides is 1. The van der Waals surface area contributed by atoms with E-state index in [9.17, 15) is 4.79 Å². The fourth-order valence-corrected chi connectivity index (χ4v) is 4.92. The van der Waals surface area contributed by atoms with Crippen molar-refractivity contribution in [2.75, 3.05) is 38.2 Å². The third-order valence-electron chi connectivity index (χ3n) is 5.66. The van der Waals surface area contributed by atoms with Crippen molar-refractivity contribution in [3.8, 4) is 11.4 Å². The Balaban J connectivity index is 1.29. The van der Waals surface area contributed by atoms with Gasteiger partial charge >= 0.3 is 0 Å². The molecule has 0 atom stereocenters. The molecule has 0 radical (unpaired) electrons. The fraction of sp³-hybridized carbons (Fsp3) is 0.261. The average Bonchev–Trinajstić information content (AvgIpc) is 3.42. The molecule has 0 spiro atoms. The molecule has 1 saturated heterocycles. The number of aromatic nitrogens is 3. The molecule has 0 aliphatic carbocycles. The summed E-state index contributed by atoms with van der Waals surface area (Å²) in [4.78, 5) is 22.1. The molecule has 7 nitrogen and oxygen atoms in total. The minimum atomic E-state index is 0.0355. The maximum atomic E-state index is 13.1. The molecule has 1 aliphatic heterocycles. The molecule has 0 unspecified atom stereocenters. The smallest absolute Gasteiger partial charge is 0.257 e. The number of methoxy groups -OCH3 is 1. The van der Waals surface area contributed by atoms with Crippen LogP contribution in [-0.4, -0.2) is 58.9 Å². The van der Waals surface area contributed by atoms with E-state index in [1.807, 2.05) is 65.0 Å². The minimum Gasteiger partial charge on any atom is -0.497 e. The lowest BCUT2D eigenvalue weighted by molar-refractivity contribution is 0.0746. The Morgan fingerprint density at radius 3 is 2.58 bits per heavy atom. The summed E-state index contributed by atoms with van der Waals surface area (Å²) >= 11 is 1.66. The maximum absolute atomic E-state index is 13.1. The average molecular weight is 434 g/mol. The number of hydrogen-bond donors (Lipinski definition) is 0. The number of benzene rings is 2. The molecule has 4 aromatic rings. The number of nitrogens with zero attached hydrogens (tertiary/aromatic N) is 5. The van der Waals surface area contributed by atoms with E-state index in [0.717, 1.165) is 45.6 Å². The van der Waals surface area contributed by atoms with Gasteiger partial charge in [0, 0.05) is 26.2 Å². The summed E-state index contributed by atoms with van der Waals surface area (Å²) in [7, 11) is 1.67. The quantitative estimate of drug-likeness (QED) is 0.490. The van der Waals surface area contributed by atoms with Crippen LogP contribution in [0.1, 0.15) is 16.1 Å². The number of carbonyl (C=O) groups is 1. The summed E-state index contributed by atoms with van der Waals surface area (Å²) in [6, 6.07) is 15.8. The van der Waals surface area contributed by atoms with Crippen LogP contribution in [0.4, 0.5) is 5.13 Å². The Morgan fingerprint density at radius 2 is 1.84 bits per heavy atom. The Kier molecular flexibility index (Phi) is 5.07. The molecule has 8 heteroatoms. The van der Waals surface area contributed by atoms with Crippen molar-refractivity contribution in [2.24, 2.45) is 0 Å². The number of anilines is 1. The van der Waals surface area contributed by atoms with Gasteiger partial charge in [-0.05, 0) is 37.3 Å². The molecule has 3 heterocycles. The van der Waals surface area contributed by atoms with E-state index in [2.05, 4.69) is 10.00 Å². The highest BCUT2D eigenvalue weighted by Crippen LogP contribution is 2.32. The summed E-state index contributed by atoms with van der Waals surface area (Å²) in [6.45, 7) is 4.78. The van der Waals surface area contributed by atoms with Gasteiger partial charge in [0.2, 0.25) is 0 Å². The van der Waals surface area contributed by atoms with Gasteiger partial charge < -0.3 is 14.5 Å². The van der Waals surface area contributed by atoms with Gasteiger partial charge in [-0.2, -0.15) is 5.10 Å². The second kappa shape index (κ2) is 8.03. The molecule has 0 bridgehead atoms. The Bertz CT molecular complexity index is 1230. The zero-order valence-electron chi connectivity index (χ0n) is 17.5. The molecule has 2 aromatic carbocycles. The first-order chi connectivity index (χ1) is 15.1. The van der Waals surface area contributed by atoms with E-state index >= 15 is 0 Å². The van der Waals surface area contributed by atoms with Gasteiger partial charge in [-0.1, -0.05) is 29.5 Å². The van der Waals surface area contributed by atoms with Gasteiger partial charge in [0.25, 0.3) is 5.91 Å². The van der Waals surface area contributed by atoms with Gasteiger partial charge in [-0.25, -0.2) is 9.67 Å². The predicted octanol–water partition coefficient (Wildman–Crippen LogP) is 3.76. The van der Waals surface area contributed by atoms with Crippen molar-refractivity contribution in [1.29, 1.82) is 0 Å². The number of fused-ring (bicyclic) bond motifs is 1. The molecular formula is C23H23N5O2S. The highest BCUT2D eigenvalue weighted by molar-refractivity contribution is 7.22. The van der Waals surface area contributed by atoms with Gasteiger partial charge in [-0.3, -0.25) is 4.79 Å². The van der Waals surface area contributed by atoms with Crippen LogP contribution < -0.4 is 9.64 Å². The van der Waals surface area contributed by atoms with Crippen molar-refractivity contribution in [3.05, 3.63) is 66.0 Å². The molecule has 0 N–H and O–H groups in total. The van der Waals surface area contributed by atoms with Crippen molar-refractivity contribution < 1.29 is 9.53 Å². The first kappa shape index (κ1) is 19.6. The Labute approximate surface area is 184 Å². The summed E-state index contributed by atoms with van der Waals surface area (Å²) in [6.07, 6.45) is 1.68. The van der Waals surface area contributed by atoms with Gasteiger partial charge in [0.1, 0.15) is 5.75 Å². The number of para-hydroxylation sites is 1. The van der Waals surface area contributed by atoms with Crippen molar-refractivity contribution in [2.45, 2.75) is 6.92 Å². The lowest BCUT2D eigenvalue weighted by Crippen LogP contribution is -2.48. The molecule has 0 saturated carbocycles. The van der Waals surface area contributed by atoms with Crippen LogP contribution in [-0.2, 0) is 0 Å². The first-order valence-corrected chi connectivity index (χ1v) is 11.0. The van der Waals surface area contributed by atoms with E-state index in [1.54, 1.807) is 24.6 Å². The van der Waals surface area contributed by atoms with Crippen LogP contribution >= 0.6 is 11.3 Å². The second-order valence-corrected chi connectivity index (χ2v) is 8.51. The summed E-state index contributed by atoms with van der Waals surface area (Å²) in [5, 5.41) is 5.43. The van der Waals surface area contributed by atoms with E-state index in [-0.39, 0.29) is 5.91 Å². The summed E-state index contributed by atoms with van der Waals surface area (Å²) in [5.74, 6) is 0.873. The van der Waals surface area contributed by atoms with E-state index in [1.165, 1.54) is 0 Å². The van der Waals surface area contributed by atoms with Crippen molar-refractivity contribution in [3.63, 3.8) is 0 Å². The fourth-order valence-electron chi connectivity index (χ4n) is 3.88. The van der Waals surface area contributed by atoms with Crippen LogP contribution in [0.2, 0.25) is 0 Å². The second-order valence-electron chi connectivity index (χ2n) is 7.50. The standard InChI is InChI=1S/C23H23N5O2S/c1-16-19(15-24-28(16)17-6-4-3-5-7-17)22(29)26-10-12-27(13-11-26)23-25-20-9-8-18(30-2)14-21(20)31-23/h3-9,14-15H,10-13H2,1-2H3. The molecule has 1 aliphatic rings. The highest BCUT2D eigenvalue weighted by atomic mass is 32.1. The first-order valence-electron chi connectivity index (χ1n) is 10.2. The van der Waals surface area contributed by atoms with Crippen LogP contribution in [0.25, 0.3) is 15.9 Å². The number of hydrogen-bond acceptors (Lipinski definition) is 6. The maximum Gasteiger partial charge on any atom is 0.257 e. The highest BCUT2D eigenvalue weighted by Gasteiger charge is 2.26. The molecule has 158 valence electrons. The third kappa shape index (κ3) is 3.63. The zero-order chi connectivity index (χ0) is 21.4. The Morgan fingerprint density at radius 1 is 1.06 bits per heavy atom. The molecule has 5 rings (SSSR count). The van der Waals surface area contributed by atoms with E-state index in [0.29, 0.717) is 18.7 Å². The van der Waals surface area contributed by atoms with Gasteiger partial charge in [0.05, 0.1) is 40.5 Å². The van der Waals surface area contributed by atoms with Crippen LogP contribution in [0.3, 0.4) is 0 Å². The lowest BCUT2D eigenvalue weighted by atomic mass is 10.2. The number of piperazine rings is 1. The number of thiazole rings is 1. The molecular weight excluding hydrogens is 410 g/mol. The van der Waals surface area contributed by atoms with Crippen molar-refractivity contribution in [1.82, 2.24) is 19.7 Å². The normalized spacial score (nSPS) is 14.3. The van der Waals surface area contributed by atoms with Gasteiger partial charge in [0.15, 0.2) is 5.13 Å². The van der Waals surface area contributed by atoms with Crippen LogP contribution in [0.5, 0.6) is 5.75 Å². The number of rotatable bonds is 4. The predicted molar refractivity (Wildman–Crippen MR) is 123 cm³/mol. The topological polar surface area (TPSA) is 63.5 Å². The summed E-state index contributed by atoms with van der Waals surface area (Å²) < 4.78 is 8.24. The van der Waals surface area contributed by atoms with Crippen LogP contribution in [0.15, 0.2) is 54.7 Å². The summed E-state index contributed by atoms with van der Waals surface area (Å²) in [5.41, 5.74) is 3.45. The third-order valence-corrected chi connectivity index (χ3v) is 6.74. The molecule has 1 amide bonds. The monoisotopic (exact) mass is 433 g/mol.